The Hall–Kier alpha value is -2.14. The Morgan fingerprint density at radius 1 is 1.12 bits per heavy atom. The fraction of sp³-hybridized carbons (Fsp3) is 0.450. The van der Waals surface area contributed by atoms with Crippen molar-refractivity contribution in [2.45, 2.75) is 25.8 Å². The molecule has 4 rings (SSSR count). The van der Waals surface area contributed by atoms with E-state index in [1.54, 1.807) is 12.3 Å². The molecular weight excluding hydrogens is 319 g/mol. The van der Waals surface area contributed by atoms with Crippen molar-refractivity contribution in [2.75, 3.05) is 26.2 Å². The van der Waals surface area contributed by atoms with Gasteiger partial charge in [0.05, 0.1) is 11.8 Å². The molecule has 3 heterocycles. The van der Waals surface area contributed by atoms with Crippen LogP contribution in [0, 0.1) is 11.2 Å². The quantitative estimate of drug-likeness (QED) is 0.856. The Kier molecular flexibility index (Phi) is 4.34. The van der Waals surface area contributed by atoms with Gasteiger partial charge in [0.2, 0.25) is 0 Å². The maximum atomic E-state index is 13.1. The minimum atomic E-state index is -0.192. The standard InChI is InChI=1S/C20H23FN2O2/c21-18-4-2-16(3-5-18)12-22-9-1-7-20(14-22)8-10-23(15-20)19(24)17-6-11-25-13-17/h2-6,11,13H,1,7-10,12,14-15H2. The van der Waals surface area contributed by atoms with Gasteiger partial charge in [0.15, 0.2) is 0 Å². The molecule has 2 saturated heterocycles. The van der Waals surface area contributed by atoms with E-state index in [2.05, 4.69) is 4.90 Å². The molecule has 1 atom stereocenters. The maximum Gasteiger partial charge on any atom is 0.257 e. The Labute approximate surface area is 147 Å². The zero-order valence-corrected chi connectivity index (χ0v) is 14.3. The Bertz CT molecular complexity index is 729. The SMILES string of the molecule is O=C(c1ccoc1)N1CCC2(CCCN(Cc3ccc(F)cc3)C2)C1. The topological polar surface area (TPSA) is 36.7 Å². The summed E-state index contributed by atoms with van der Waals surface area (Å²) in [5.74, 6) is -0.121. The van der Waals surface area contributed by atoms with Crippen LogP contribution in [0.2, 0.25) is 0 Å². The smallest absolute Gasteiger partial charge is 0.257 e. The summed E-state index contributed by atoms with van der Waals surface area (Å²) in [6.07, 6.45) is 6.44. The van der Waals surface area contributed by atoms with Crippen molar-refractivity contribution >= 4 is 5.91 Å². The van der Waals surface area contributed by atoms with Crippen LogP contribution in [0.25, 0.3) is 0 Å². The molecule has 1 amide bonds. The molecule has 0 bridgehead atoms. The van der Waals surface area contributed by atoms with E-state index in [1.807, 2.05) is 17.0 Å². The molecule has 1 aromatic carbocycles. The second kappa shape index (κ2) is 6.64. The molecule has 132 valence electrons. The summed E-state index contributed by atoms with van der Waals surface area (Å²) in [5.41, 5.74) is 1.97. The molecule has 1 aromatic heterocycles. The van der Waals surface area contributed by atoms with Crippen molar-refractivity contribution in [1.29, 1.82) is 0 Å². The van der Waals surface area contributed by atoms with Crippen LogP contribution >= 0.6 is 0 Å². The number of rotatable bonds is 3. The number of carbonyl (C=O) groups is 1. The zero-order chi connectivity index (χ0) is 17.3. The van der Waals surface area contributed by atoms with Gasteiger partial charge in [0, 0.05) is 31.6 Å². The van der Waals surface area contributed by atoms with Crippen LogP contribution in [0.5, 0.6) is 0 Å². The Morgan fingerprint density at radius 2 is 1.96 bits per heavy atom. The van der Waals surface area contributed by atoms with Gasteiger partial charge < -0.3 is 9.32 Å². The molecule has 0 saturated carbocycles. The number of nitrogens with zero attached hydrogens (tertiary/aromatic N) is 2. The van der Waals surface area contributed by atoms with Crippen LogP contribution in [0.1, 0.15) is 35.2 Å². The second-order valence-corrected chi connectivity index (χ2v) is 7.43. The lowest BCUT2D eigenvalue weighted by atomic mass is 9.79. The van der Waals surface area contributed by atoms with E-state index in [0.717, 1.165) is 51.1 Å². The lowest BCUT2D eigenvalue weighted by molar-refractivity contribution is 0.0675. The zero-order valence-electron chi connectivity index (χ0n) is 14.3. The summed E-state index contributed by atoms with van der Waals surface area (Å²) in [7, 11) is 0. The number of halogens is 1. The van der Waals surface area contributed by atoms with E-state index in [4.69, 9.17) is 4.42 Å². The van der Waals surface area contributed by atoms with Gasteiger partial charge in [-0.2, -0.15) is 0 Å². The van der Waals surface area contributed by atoms with E-state index >= 15 is 0 Å². The van der Waals surface area contributed by atoms with E-state index in [1.165, 1.54) is 24.8 Å². The maximum absolute atomic E-state index is 13.1. The van der Waals surface area contributed by atoms with Crippen molar-refractivity contribution in [3.05, 3.63) is 59.8 Å². The number of amides is 1. The van der Waals surface area contributed by atoms with Crippen LogP contribution < -0.4 is 0 Å². The first-order chi connectivity index (χ1) is 12.1. The van der Waals surface area contributed by atoms with Gasteiger partial charge in [-0.1, -0.05) is 12.1 Å². The first kappa shape index (κ1) is 16.3. The number of piperidine rings is 1. The lowest BCUT2D eigenvalue weighted by Gasteiger charge is -2.40. The number of furan rings is 1. The third-order valence-electron chi connectivity index (χ3n) is 5.55. The highest BCUT2D eigenvalue weighted by Gasteiger charge is 2.42. The third-order valence-corrected chi connectivity index (χ3v) is 5.55. The Balaban J connectivity index is 1.40. The van der Waals surface area contributed by atoms with Crippen LogP contribution in [0.4, 0.5) is 4.39 Å². The average molecular weight is 342 g/mol. The minimum absolute atomic E-state index is 0.0706. The predicted molar refractivity (Wildman–Crippen MR) is 92.6 cm³/mol. The molecule has 25 heavy (non-hydrogen) atoms. The van der Waals surface area contributed by atoms with Crippen molar-refractivity contribution < 1.29 is 13.6 Å². The van der Waals surface area contributed by atoms with Crippen molar-refractivity contribution in [3.8, 4) is 0 Å². The van der Waals surface area contributed by atoms with Gasteiger partial charge in [-0.15, -0.1) is 0 Å². The number of benzene rings is 1. The van der Waals surface area contributed by atoms with Crippen molar-refractivity contribution in [2.24, 2.45) is 5.41 Å². The molecule has 2 aliphatic rings. The molecule has 1 spiro atoms. The number of hydrogen-bond acceptors (Lipinski definition) is 3. The fourth-order valence-corrected chi connectivity index (χ4v) is 4.30. The Morgan fingerprint density at radius 3 is 2.72 bits per heavy atom. The van der Waals surface area contributed by atoms with Gasteiger partial charge in [-0.3, -0.25) is 9.69 Å². The second-order valence-electron chi connectivity index (χ2n) is 7.43. The van der Waals surface area contributed by atoms with Gasteiger partial charge in [0.25, 0.3) is 5.91 Å². The molecule has 0 radical (unpaired) electrons. The normalized spacial score (nSPS) is 24.1. The van der Waals surface area contributed by atoms with Crippen molar-refractivity contribution in [3.63, 3.8) is 0 Å². The summed E-state index contributed by atoms with van der Waals surface area (Å²) in [6, 6.07) is 8.50. The van der Waals surface area contributed by atoms with Gasteiger partial charge in [-0.05, 0) is 49.6 Å². The highest BCUT2D eigenvalue weighted by Crippen LogP contribution is 2.39. The number of hydrogen-bond donors (Lipinski definition) is 0. The molecule has 2 aromatic rings. The third kappa shape index (κ3) is 3.47. The van der Waals surface area contributed by atoms with Crippen LogP contribution in [0.3, 0.4) is 0 Å². The van der Waals surface area contributed by atoms with Crippen LogP contribution in [0.15, 0.2) is 47.3 Å². The van der Waals surface area contributed by atoms with E-state index in [-0.39, 0.29) is 17.1 Å². The summed E-state index contributed by atoms with van der Waals surface area (Å²) in [5, 5.41) is 0. The van der Waals surface area contributed by atoms with Crippen LogP contribution in [-0.4, -0.2) is 41.9 Å². The van der Waals surface area contributed by atoms with Gasteiger partial charge >= 0.3 is 0 Å². The highest BCUT2D eigenvalue weighted by atomic mass is 19.1. The summed E-state index contributed by atoms with van der Waals surface area (Å²) in [6.45, 7) is 4.54. The van der Waals surface area contributed by atoms with E-state index < -0.39 is 0 Å². The van der Waals surface area contributed by atoms with Gasteiger partial charge in [-0.25, -0.2) is 4.39 Å². The van der Waals surface area contributed by atoms with Gasteiger partial charge in [0.1, 0.15) is 12.1 Å². The summed E-state index contributed by atoms with van der Waals surface area (Å²) >= 11 is 0. The molecular formula is C20H23FN2O2. The fourth-order valence-electron chi connectivity index (χ4n) is 4.30. The largest absolute Gasteiger partial charge is 0.472 e. The first-order valence-corrected chi connectivity index (χ1v) is 8.92. The van der Waals surface area contributed by atoms with Crippen LogP contribution in [-0.2, 0) is 6.54 Å². The first-order valence-electron chi connectivity index (χ1n) is 8.92. The number of likely N-dealkylation sites (tertiary alicyclic amines) is 2. The lowest BCUT2D eigenvalue weighted by Crippen LogP contribution is -2.45. The van der Waals surface area contributed by atoms with Crippen molar-refractivity contribution in [1.82, 2.24) is 9.80 Å². The van der Waals surface area contributed by atoms with E-state index in [0.29, 0.717) is 5.56 Å². The molecule has 1 unspecified atom stereocenters. The predicted octanol–water partition coefficient (Wildman–Crippen LogP) is 3.55. The molecule has 0 aliphatic carbocycles. The molecule has 5 heteroatoms. The minimum Gasteiger partial charge on any atom is -0.472 e. The monoisotopic (exact) mass is 342 g/mol. The highest BCUT2D eigenvalue weighted by molar-refractivity contribution is 5.94. The molecule has 2 fully saturated rings. The molecule has 4 nitrogen and oxygen atoms in total. The number of carbonyl (C=O) groups excluding carboxylic acids is 1. The summed E-state index contributed by atoms with van der Waals surface area (Å²) < 4.78 is 18.1. The van der Waals surface area contributed by atoms with E-state index in [9.17, 15) is 9.18 Å². The molecule has 0 N–H and O–H groups in total. The average Bonchev–Trinajstić information content (AvgIpc) is 3.27. The molecule has 2 aliphatic heterocycles. The summed E-state index contributed by atoms with van der Waals surface area (Å²) in [4.78, 5) is 17.0.